The maximum absolute atomic E-state index is 12.1. The second-order valence-corrected chi connectivity index (χ2v) is 5.55. The predicted octanol–water partition coefficient (Wildman–Crippen LogP) is 4.10. The summed E-state index contributed by atoms with van der Waals surface area (Å²) in [6.07, 6.45) is -0.755. The number of carboxylic acids is 1. The monoisotopic (exact) mass is 353 g/mol. The van der Waals surface area contributed by atoms with Gasteiger partial charge in [0.25, 0.3) is 5.91 Å². The van der Waals surface area contributed by atoms with Gasteiger partial charge in [-0.05, 0) is 49.4 Å². The molecule has 2 rings (SSSR count). The Bertz CT molecular complexity index is 731. The highest BCUT2D eigenvalue weighted by Crippen LogP contribution is 2.22. The number of carbonyl (C=O) groups excluding carboxylic acids is 1. The Morgan fingerprint density at radius 1 is 1.13 bits per heavy atom. The average molecular weight is 354 g/mol. The van der Waals surface area contributed by atoms with Gasteiger partial charge >= 0.3 is 5.97 Å². The molecule has 0 aromatic heterocycles. The minimum Gasteiger partial charge on any atom is -0.481 e. The molecule has 2 aromatic carbocycles. The van der Waals surface area contributed by atoms with Crippen LogP contribution >= 0.6 is 23.2 Å². The lowest BCUT2D eigenvalue weighted by atomic mass is 10.2. The molecule has 1 unspecified atom stereocenters. The summed E-state index contributed by atoms with van der Waals surface area (Å²) in [7, 11) is 0. The number of aromatic carboxylic acids is 1. The van der Waals surface area contributed by atoms with Gasteiger partial charge in [0.1, 0.15) is 5.75 Å². The smallest absolute Gasteiger partial charge is 0.337 e. The molecule has 0 heterocycles. The van der Waals surface area contributed by atoms with E-state index in [-0.39, 0.29) is 16.5 Å². The number of rotatable bonds is 5. The van der Waals surface area contributed by atoms with Crippen molar-refractivity contribution in [2.45, 2.75) is 13.0 Å². The molecule has 120 valence electrons. The van der Waals surface area contributed by atoms with Crippen LogP contribution in [0.15, 0.2) is 42.5 Å². The summed E-state index contributed by atoms with van der Waals surface area (Å²) in [5.74, 6) is -1.01. The van der Waals surface area contributed by atoms with Crippen molar-refractivity contribution in [2.75, 3.05) is 5.32 Å². The number of carbonyl (C=O) groups is 2. The largest absolute Gasteiger partial charge is 0.481 e. The van der Waals surface area contributed by atoms with E-state index in [4.69, 9.17) is 33.0 Å². The molecule has 23 heavy (non-hydrogen) atoms. The van der Waals surface area contributed by atoms with Crippen molar-refractivity contribution >= 4 is 40.8 Å². The highest BCUT2D eigenvalue weighted by atomic mass is 35.5. The van der Waals surface area contributed by atoms with E-state index in [0.717, 1.165) is 0 Å². The average Bonchev–Trinajstić information content (AvgIpc) is 2.49. The van der Waals surface area contributed by atoms with Crippen LogP contribution in [0.4, 0.5) is 5.69 Å². The molecule has 0 aliphatic carbocycles. The Balaban J connectivity index is 2.02. The number of amides is 1. The van der Waals surface area contributed by atoms with Crippen LogP contribution in [0, 0.1) is 0 Å². The lowest BCUT2D eigenvalue weighted by Gasteiger charge is -2.15. The fourth-order valence-corrected chi connectivity index (χ4v) is 2.17. The fourth-order valence-electron chi connectivity index (χ4n) is 1.78. The van der Waals surface area contributed by atoms with Crippen LogP contribution in [-0.2, 0) is 4.79 Å². The Morgan fingerprint density at radius 2 is 1.78 bits per heavy atom. The van der Waals surface area contributed by atoms with Crippen molar-refractivity contribution in [1.29, 1.82) is 0 Å². The number of hydrogen-bond acceptors (Lipinski definition) is 3. The number of hydrogen-bond donors (Lipinski definition) is 2. The van der Waals surface area contributed by atoms with Gasteiger partial charge in [0.2, 0.25) is 0 Å². The van der Waals surface area contributed by atoms with Gasteiger partial charge in [-0.15, -0.1) is 0 Å². The van der Waals surface area contributed by atoms with Gasteiger partial charge in [-0.25, -0.2) is 4.79 Å². The molecule has 0 aliphatic rings. The normalized spacial score (nSPS) is 11.6. The lowest BCUT2D eigenvalue weighted by molar-refractivity contribution is -0.122. The van der Waals surface area contributed by atoms with Crippen LogP contribution in [0.25, 0.3) is 0 Å². The summed E-state index contributed by atoms with van der Waals surface area (Å²) in [6, 6.07) is 10.8. The highest BCUT2D eigenvalue weighted by Gasteiger charge is 2.16. The Morgan fingerprint density at radius 3 is 2.35 bits per heavy atom. The molecule has 0 radical (unpaired) electrons. The Kier molecular flexibility index (Phi) is 5.47. The first kappa shape index (κ1) is 17.1. The second kappa shape index (κ2) is 7.35. The molecule has 0 saturated carbocycles. The molecule has 7 heteroatoms. The quantitative estimate of drug-likeness (QED) is 0.848. The van der Waals surface area contributed by atoms with Gasteiger partial charge in [-0.2, -0.15) is 0 Å². The highest BCUT2D eigenvalue weighted by molar-refractivity contribution is 6.33. The molecular formula is C16H13Cl2NO4. The molecule has 2 N–H and O–H groups in total. The second-order valence-electron chi connectivity index (χ2n) is 4.70. The van der Waals surface area contributed by atoms with E-state index < -0.39 is 12.1 Å². The molecule has 2 aromatic rings. The van der Waals surface area contributed by atoms with Crippen molar-refractivity contribution in [1.82, 2.24) is 0 Å². The van der Waals surface area contributed by atoms with Crippen LogP contribution in [0.2, 0.25) is 10.0 Å². The minimum atomic E-state index is -1.13. The van der Waals surface area contributed by atoms with Crippen LogP contribution < -0.4 is 10.1 Å². The maximum Gasteiger partial charge on any atom is 0.337 e. The predicted molar refractivity (Wildman–Crippen MR) is 88.6 cm³/mol. The molecule has 0 bridgehead atoms. The molecule has 0 saturated heterocycles. The van der Waals surface area contributed by atoms with Crippen LogP contribution in [0.1, 0.15) is 17.3 Å². The number of ether oxygens (including phenoxy) is 1. The summed E-state index contributed by atoms with van der Waals surface area (Å²) < 4.78 is 5.50. The standard InChI is InChI=1S/C16H13Cl2NO4/c1-9(23-12-5-2-10(17)3-6-12)15(20)19-11-4-7-13(16(21)22)14(18)8-11/h2-9H,1H3,(H,19,20)(H,21,22). The van der Waals surface area contributed by atoms with E-state index in [1.165, 1.54) is 18.2 Å². The third-order valence-electron chi connectivity index (χ3n) is 2.96. The molecule has 1 amide bonds. The fraction of sp³-hybridized carbons (Fsp3) is 0.125. The van der Waals surface area contributed by atoms with Gasteiger partial charge in [-0.1, -0.05) is 23.2 Å². The summed E-state index contributed by atoms with van der Waals surface area (Å²) in [4.78, 5) is 23.0. The Hall–Kier alpha value is -2.24. The first-order valence-electron chi connectivity index (χ1n) is 6.63. The van der Waals surface area contributed by atoms with Crippen LogP contribution in [0.3, 0.4) is 0 Å². The van der Waals surface area contributed by atoms with E-state index in [1.807, 2.05) is 0 Å². The van der Waals surface area contributed by atoms with Gasteiger partial charge < -0.3 is 15.2 Å². The van der Waals surface area contributed by atoms with Gasteiger partial charge in [0.15, 0.2) is 6.10 Å². The number of benzene rings is 2. The summed E-state index contributed by atoms with van der Waals surface area (Å²) in [6.45, 7) is 1.59. The minimum absolute atomic E-state index is 0.0323. The number of halogens is 2. The van der Waals surface area contributed by atoms with Crippen LogP contribution in [0.5, 0.6) is 5.75 Å². The zero-order chi connectivity index (χ0) is 17.0. The van der Waals surface area contributed by atoms with Gasteiger partial charge in [0.05, 0.1) is 10.6 Å². The molecular weight excluding hydrogens is 341 g/mol. The van der Waals surface area contributed by atoms with Crippen molar-refractivity contribution in [3.05, 3.63) is 58.1 Å². The first-order chi connectivity index (χ1) is 10.9. The number of carboxylic acid groups (broad SMARTS) is 1. The first-order valence-corrected chi connectivity index (χ1v) is 7.38. The molecule has 1 atom stereocenters. The van der Waals surface area contributed by atoms with E-state index in [1.54, 1.807) is 31.2 Å². The summed E-state index contributed by atoms with van der Waals surface area (Å²) in [5, 5.41) is 12.1. The zero-order valence-electron chi connectivity index (χ0n) is 12.0. The van der Waals surface area contributed by atoms with Gasteiger partial charge in [-0.3, -0.25) is 4.79 Å². The summed E-state index contributed by atoms with van der Waals surface area (Å²) >= 11 is 11.6. The van der Waals surface area contributed by atoms with Gasteiger partial charge in [0, 0.05) is 10.7 Å². The van der Waals surface area contributed by atoms with Crippen molar-refractivity contribution in [2.24, 2.45) is 0 Å². The SMILES string of the molecule is CC(Oc1ccc(Cl)cc1)C(=O)Nc1ccc(C(=O)O)c(Cl)c1. The Labute approximate surface area is 142 Å². The molecule has 5 nitrogen and oxygen atoms in total. The molecule has 0 aliphatic heterocycles. The zero-order valence-corrected chi connectivity index (χ0v) is 13.6. The number of anilines is 1. The lowest BCUT2D eigenvalue weighted by Crippen LogP contribution is -2.30. The third-order valence-corrected chi connectivity index (χ3v) is 3.53. The van der Waals surface area contributed by atoms with E-state index in [9.17, 15) is 9.59 Å². The molecule has 0 fully saturated rings. The maximum atomic E-state index is 12.1. The van der Waals surface area contributed by atoms with E-state index >= 15 is 0 Å². The van der Waals surface area contributed by atoms with Crippen molar-refractivity contribution in [3.8, 4) is 5.75 Å². The van der Waals surface area contributed by atoms with Crippen molar-refractivity contribution < 1.29 is 19.4 Å². The topological polar surface area (TPSA) is 75.6 Å². The number of nitrogens with one attached hydrogen (secondary N) is 1. The van der Waals surface area contributed by atoms with E-state index in [2.05, 4.69) is 5.32 Å². The van der Waals surface area contributed by atoms with E-state index in [0.29, 0.717) is 16.5 Å². The third kappa shape index (κ3) is 4.61. The summed E-state index contributed by atoms with van der Waals surface area (Å²) in [5.41, 5.74) is 0.353. The van der Waals surface area contributed by atoms with Crippen LogP contribution in [-0.4, -0.2) is 23.1 Å². The van der Waals surface area contributed by atoms with Crippen molar-refractivity contribution in [3.63, 3.8) is 0 Å². The molecule has 0 spiro atoms.